The van der Waals surface area contributed by atoms with E-state index in [2.05, 4.69) is 24.3 Å². The summed E-state index contributed by atoms with van der Waals surface area (Å²) >= 11 is 0. The average Bonchev–Trinajstić information content (AvgIpc) is 2.86. The summed E-state index contributed by atoms with van der Waals surface area (Å²) in [4.78, 5) is 0. The van der Waals surface area contributed by atoms with Crippen LogP contribution in [0.15, 0.2) is 24.3 Å². The number of rotatable bonds is 3. The lowest BCUT2D eigenvalue weighted by Crippen LogP contribution is -1.86. The zero-order valence-electron chi connectivity index (χ0n) is 9.12. The molecular formula is C14H22. The highest BCUT2D eigenvalue weighted by molar-refractivity contribution is 5.07. The van der Waals surface area contributed by atoms with E-state index in [0.29, 0.717) is 0 Å². The van der Waals surface area contributed by atoms with Gasteiger partial charge in [-0.05, 0) is 37.5 Å². The van der Waals surface area contributed by atoms with Crippen LogP contribution in [0.3, 0.4) is 0 Å². The number of allylic oxidation sites excluding steroid dienone is 4. The predicted molar refractivity (Wildman–Crippen MR) is 62.2 cm³/mol. The molecule has 14 heavy (non-hydrogen) atoms. The van der Waals surface area contributed by atoms with Crippen LogP contribution in [0.25, 0.3) is 0 Å². The fourth-order valence-electron chi connectivity index (χ4n) is 2.74. The minimum Gasteiger partial charge on any atom is -0.0814 e. The van der Waals surface area contributed by atoms with Crippen molar-refractivity contribution in [1.82, 2.24) is 0 Å². The second kappa shape index (κ2) is 5.38. The van der Waals surface area contributed by atoms with Gasteiger partial charge in [-0.2, -0.15) is 0 Å². The van der Waals surface area contributed by atoms with E-state index in [-0.39, 0.29) is 0 Å². The Bertz CT molecular complexity index is 176. The fraction of sp³-hybridized carbons (Fsp3) is 0.714. The van der Waals surface area contributed by atoms with Crippen LogP contribution in [0.1, 0.15) is 51.4 Å². The molecule has 2 saturated carbocycles. The van der Waals surface area contributed by atoms with Crippen LogP contribution in [0.2, 0.25) is 0 Å². The molecule has 0 N–H and O–H groups in total. The third-order valence-electron chi connectivity index (χ3n) is 3.68. The monoisotopic (exact) mass is 190 g/mol. The Hall–Kier alpha value is -0.520. The van der Waals surface area contributed by atoms with Gasteiger partial charge < -0.3 is 0 Å². The largest absolute Gasteiger partial charge is 0.0814 e. The van der Waals surface area contributed by atoms with Crippen molar-refractivity contribution in [1.29, 1.82) is 0 Å². The molecule has 2 rings (SSSR count). The predicted octanol–water partition coefficient (Wildman–Crippen LogP) is 4.48. The summed E-state index contributed by atoms with van der Waals surface area (Å²) in [6.45, 7) is 0. The molecule has 0 atom stereocenters. The molecule has 0 radical (unpaired) electrons. The molecule has 0 bridgehead atoms. The Morgan fingerprint density at radius 1 is 0.571 bits per heavy atom. The van der Waals surface area contributed by atoms with E-state index >= 15 is 0 Å². The van der Waals surface area contributed by atoms with Crippen LogP contribution in [0.4, 0.5) is 0 Å². The molecule has 2 fully saturated rings. The second-order valence-corrected chi connectivity index (χ2v) is 4.86. The van der Waals surface area contributed by atoms with Gasteiger partial charge in [-0.25, -0.2) is 0 Å². The van der Waals surface area contributed by atoms with Crippen LogP contribution in [0, 0.1) is 11.8 Å². The lowest BCUT2D eigenvalue weighted by atomic mass is 10.1. The summed E-state index contributed by atoms with van der Waals surface area (Å²) in [5.74, 6) is 1.78. The summed E-state index contributed by atoms with van der Waals surface area (Å²) in [6, 6.07) is 0. The van der Waals surface area contributed by atoms with Gasteiger partial charge >= 0.3 is 0 Å². The third kappa shape index (κ3) is 3.01. The highest BCUT2D eigenvalue weighted by atomic mass is 14.2. The number of hydrogen-bond acceptors (Lipinski definition) is 0. The topological polar surface area (TPSA) is 0 Å². The molecule has 0 aromatic carbocycles. The van der Waals surface area contributed by atoms with Gasteiger partial charge in [-0.15, -0.1) is 0 Å². The highest BCUT2D eigenvalue weighted by Crippen LogP contribution is 2.27. The molecular weight excluding hydrogens is 168 g/mol. The van der Waals surface area contributed by atoms with Crippen LogP contribution in [-0.2, 0) is 0 Å². The van der Waals surface area contributed by atoms with E-state index in [1.54, 1.807) is 0 Å². The molecule has 0 heterocycles. The van der Waals surface area contributed by atoms with Crippen molar-refractivity contribution in [3.8, 4) is 0 Å². The van der Waals surface area contributed by atoms with Crippen molar-refractivity contribution < 1.29 is 0 Å². The first kappa shape index (κ1) is 10.0. The van der Waals surface area contributed by atoms with Crippen molar-refractivity contribution in [2.75, 3.05) is 0 Å². The van der Waals surface area contributed by atoms with E-state index in [0.717, 1.165) is 11.8 Å². The lowest BCUT2D eigenvalue weighted by Gasteiger charge is -1.99. The van der Waals surface area contributed by atoms with Gasteiger partial charge in [0.15, 0.2) is 0 Å². The fourth-order valence-corrected chi connectivity index (χ4v) is 2.74. The highest BCUT2D eigenvalue weighted by Gasteiger charge is 2.11. The SMILES string of the molecule is C(/C=C/C1CCCC1)=C\C1CCCC1. The first-order valence-corrected chi connectivity index (χ1v) is 6.30. The van der Waals surface area contributed by atoms with Crippen molar-refractivity contribution in [2.24, 2.45) is 11.8 Å². The van der Waals surface area contributed by atoms with Gasteiger partial charge in [0.2, 0.25) is 0 Å². The van der Waals surface area contributed by atoms with Gasteiger partial charge in [0, 0.05) is 0 Å². The molecule has 0 spiro atoms. The van der Waals surface area contributed by atoms with E-state index in [4.69, 9.17) is 0 Å². The van der Waals surface area contributed by atoms with Crippen molar-refractivity contribution >= 4 is 0 Å². The van der Waals surface area contributed by atoms with E-state index in [1.807, 2.05) is 0 Å². The maximum atomic E-state index is 2.42. The first-order valence-electron chi connectivity index (χ1n) is 6.30. The smallest absolute Gasteiger partial charge is 0.0230 e. The van der Waals surface area contributed by atoms with Crippen LogP contribution < -0.4 is 0 Å². The van der Waals surface area contributed by atoms with Gasteiger partial charge in [-0.1, -0.05) is 50.0 Å². The van der Waals surface area contributed by atoms with E-state index in [9.17, 15) is 0 Å². The van der Waals surface area contributed by atoms with E-state index < -0.39 is 0 Å². The zero-order valence-corrected chi connectivity index (χ0v) is 9.12. The Balaban J connectivity index is 1.69. The van der Waals surface area contributed by atoms with Crippen molar-refractivity contribution in [3.63, 3.8) is 0 Å². The molecule has 0 heteroatoms. The van der Waals surface area contributed by atoms with Gasteiger partial charge in [0.25, 0.3) is 0 Å². The standard InChI is InChI=1S/C14H22/c1-2-8-13(7-1)11-5-6-12-14-9-3-4-10-14/h5-6,11-14H,1-4,7-10H2/b11-5+,12-6+. The summed E-state index contributed by atoms with van der Waals surface area (Å²) in [7, 11) is 0. The van der Waals surface area contributed by atoms with Gasteiger partial charge in [-0.3, -0.25) is 0 Å². The second-order valence-electron chi connectivity index (χ2n) is 4.86. The van der Waals surface area contributed by atoms with Crippen molar-refractivity contribution in [3.05, 3.63) is 24.3 Å². The molecule has 0 aliphatic heterocycles. The molecule has 0 amide bonds. The normalized spacial score (nSPS) is 26.0. The molecule has 2 aliphatic rings. The molecule has 0 nitrogen and oxygen atoms in total. The minimum atomic E-state index is 0.892. The Kier molecular flexibility index (Phi) is 3.85. The summed E-state index contributed by atoms with van der Waals surface area (Å²) < 4.78 is 0. The lowest BCUT2D eigenvalue weighted by molar-refractivity contribution is 0.681. The molecule has 78 valence electrons. The minimum absolute atomic E-state index is 0.892. The van der Waals surface area contributed by atoms with Gasteiger partial charge in [0.05, 0.1) is 0 Å². The van der Waals surface area contributed by atoms with Crippen molar-refractivity contribution in [2.45, 2.75) is 51.4 Å². The van der Waals surface area contributed by atoms with Crippen LogP contribution in [0.5, 0.6) is 0 Å². The molecule has 0 unspecified atom stereocenters. The first-order chi connectivity index (χ1) is 6.95. The average molecular weight is 190 g/mol. The molecule has 0 saturated heterocycles. The Morgan fingerprint density at radius 3 is 1.29 bits per heavy atom. The summed E-state index contributed by atoms with van der Waals surface area (Å²) in [6.07, 6.45) is 20.9. The maximum absolute atomic E-state index is 2.42. The Morgan fingerprint density at radius 2 is 0.929 bits per heavy atom. The summed E-state index contributed by atoms with van der Waals surface area (Å²) in [5, 5.41) is 0. The van der Waals surface area contributed by atoms with Gasteiger partial charge in [0.1, 0.15) is 0 Å². The number of hydrogen-bond donors (Lipinski definition) is 0. The Labute approximate surface area is 88.1 Å². The summed E-state index contributed by atoms with van der Waals surface area (Å²) in [5.41, 5.74) is 0. The maximum Gasteiger partial charge on any atom is -0.0230 e. The van der Waals surface area contributed by atoms with Crippen LogP contribution in [-0.4, -0.2) is 0 Å². The molecule has 2 aliphatic carbocycles. The van der Waals surface area contributed by atoms with E-state index in [1.165, 1.54) is 51.4 Å². The zero-order chi connectivity index (χ0) is 9.64. The quantitative estimate of drug-likeness (QED) is 0.576. The third-order valence-corrected chi connectivity index (χ3v) is 3.68. The molecule has 0 aromatic heterocycles. The molecule has 0 aromatic rings. The van der Waals surface area contributed by atoms with Crippen LogP contribution >= 0.6 is 0 Å².